The summed E-state index contributed by atoms with van der Waals surface area (Å²) in [5, 5.41) is 0. The Morgan fingerprint density at radius 3 is 2.31 bits per heavy atom. The van der Waals surface area contributed by atoms with Gasteiger partial charge in [0.2, 0.25) is 0 Å². The van der Waals surface area contributed by atoms with Crippen LogP contribution in [0.5, 0.6) is 0 Å². The standard InChI is InChI=1S/C30H34N2/c1-21-13-7-12-20-28(21)31-22(2)29-26-18-10-11-19-27(26)30(32(29)23(31)3,25-16-8-9-17-25)24-14-5-4-6-15-24/h4-7,10-15,18-20,22-23,25,29H,8-9,16-17H2,1-3H3/t22-,23?,29?,30?/m0/s1/i3D3. The monoisotopic (exact) mass is 425 g/mol. The Morgan fingerprint density at radius 1 is 0.875 bits per heavy atom. The molecule has 0 bridgehead atoms. The van der Waals surface area contributed by atoms with Crippen LogP contribution in [0.25, 0.3) is 0 Å². The summed E-state index contributed by atoms with van der Waals surface area (Å²) in [6.07, 6.45) is 3.94. The number of anilines is 1. The van der Waals surface area contributed by atoms with Crippen LogP contribution in [0.2, 0.25) is 0 Å². The van der Waals surface area contributed by atoms with E-state index in [4.69, 9.17) is 4.11 Å². The molecule has 0 aromatic heterocycles. The van der Waals surface area contributed by atoms with E-state index in [0.717, 1.165) is 24.1 Å². The van der Waals surface area contributed by atoms with Gasteiger partial charge in [0.05, 0.1) is 17.7 Å². The van der Waals surface area contributed by atoms with Crippen molar-refractivity contribution in [3.63, 3.8) is 0 Å². The number of benzene rings is 3. The summed E-state index contributed by atoms with van der Waals surface area (Å²) in [6, 6.07) is 27.8. The van der Waals surface area contributed by atoms with Gasteiger partial charge < -0.3 is 4.90 Å². The molecule has 164 valence electrons. The molecule has 1 saturated carbocycles. The summed E-state index contributed by atoms with van der Waals surface area (Å²) in [6.45, 7) is 2.14. The topological polar surface area (TPSA) is 6.48 Å². The predicted octanol–water partition coefficient (Wildman–Crippen LogP) is 7.04. The first kappa shape index (κ1) is 17.0. The number of fused-ring (bicyclic) bond motifs is 3. The van der Waals surface area contributed by atoms with Crippen molar-refractivity contribution in [2.45, 2.75) is 70.2 Å². The molecule has 3 aromatic rings. The van der Waals surface area contributed by atoms with Gasteiger partial charge >= 0.3 is 0 Å². The second-order valence-corrected chi connectivity index (χ2v) is 9.86. The van der Waals surface area contributed by atoms with E-state index in [1.165, 1.54) is 29.5 Å². The van der Waals surface area contributed by atoms with Crippen molar-refractivity contribution >= 4 is 5.69 Å². The fourth-order valence-electron chi connectivity index (χ4n) is 7.17. The SMILES string of the molecule is [2H]C([2H])([2H])C1N(c2ccccc2C)[C@@H](C)C2c3ccccc3C(c3ccccc3)(C3CCCC3)N21. The molecule has 1 aliphatic carbocycles. The van der Waals surface area contributed by atoms with Crippen molar-refractivity contribution in [3.05, 3.63) is 101 Å². The van der Waals surface area contributed by atoms with Crippen LogP contribution in [0.1, 0.15) is 71.9 Å². The highest BCUT2D eigenvalue weighted by Gasteiger charge is 2.62. The van der Waals surface area contributed by atoms with Crippen LogP contribution in [0.3, 0.4) is 0 Å². The van der Waals surface area contributed by atoms with Gasteiger partial charge in [0.25, 0.3) is 0 Å². The van der Waals surface area contributed by atoms with Crippen molar-refractivity contribution in [2.75, 3.05) is 4.90 Å². The van der Waals surface area contributed by atoms with Gasteiger partial charge in [0.1, 0.15) is 0 Å². The Labute approximate surface area is 197 Å². The first-order chi connectivity index (χ1) is 16.9. The third-order valence-corrected chi connectivity index (χ3v) is 8.37. The van der Waals surface area contributed by atoms with Gasteiger partial charge in [-0.05, 0) is 67.8 Å². The molecule has 0 N–H and O–H groups in total. The molecule has 3 unspecified atom stereocenters. The maximum Gasteiger partial charge on any atom is 0.0812 e. The van der Waals surface area contributed by atoms with Crippen LogP contribution >= 0.6 is 0 Å². The summed E-state index contributed by atoms with van der Waals surface area (Å²) in [5.41, 5.74) is 5.53. The van der Waals surface area contributed by atoms with Gasteiger partial charge in [-0.3, -0.25) is 4.90 Å². The Bertz CT molecular complexity index is 1220. The van der Waals surface area contributed by atoms with E-state index in [9.17, 15) is 0 Å². The normalized spacial score (nSPS) is 31.8. The van der Waals surface area contributed by atoms with E-state index in [0.29, 0.717) is 5.92 Å². The van der Waals surface area contributed by atoms with Gasteiger partial charge in [0.15, 0.2) is 0 Å². The van der Waals surface area contributed by atoms with Crippen LogP contribution in [-0.4, -0.2) is 17.1 Å². The highest BCUT2D eigenvalue weighted by molar-refractivity contribution is 5.60. The summed E-state index contributed by atoms with van der Waals surface area (Å²) < 4.78 is 26.7. The van der Waals surface area contributed by atoms with Gasteiger partial charge in [-0.2, -0.15) is 0 Å². The number of rotatable bonds is 3. The lowest BCUT2D eigenvalue weighted by atomic mass is 9.71. The Kier molecular flexibility index (Phi) is 3.97. The molecule has 1 saturated heterocycles. The largest absolute Gasteiger partial charge is 0.351 e. The minimum Gasteiger partial charge on any atom is -0.351 e. The van der Waals surface area contributed by atoms with Crippen molar-refractivity contribution in [3.8, 4) is 0 Å². The average Bonchev–Trinajstić information content (AvgIpc) is 3.55. The minimum absolute atomic E-state index is 0.0111. The van der Waals surface area contributed by atoms with Crippen LogP contribution in [-0.2, 0) is 5.54 Å². The zero-order valence-corrected chi connectivity index (χ0v) is 19.0. The van der Waals surface area contributed by atoms with Gasteiger partial charge in [-0.25, -0.2) is 0 Å². The third kappa shape index (κ3) is 2.56. The van der Waals surface area contributed by atoms with E-state index in [-0.39, 0.29) is 12.1 Å². The minimum atomic E-state index is -2.17. The third-order valence-electron chi connectivity index (χ3n) is 8.37. The lowest BCUT2D eigenvalue weighted by molar-refractivity contribution is 0.0448. The quantitative estimate of drug-likeness (QED) is 0.444. The number of para-hydroxylation sites is 1. The molecule has 2 aliphatic heterocycles. The van der Waals surface area contributed by atoms with Gasteiger partial charge in [-0.15, -0.1) is 0 Å². The molecule has 0 radical (unpaired) electrons. The molecule has 6 rings (SSSR count). The molecule has 4 atom stereocenters. The van der Waals surface area contributed by atoms with Crippen LogP contribution < -0.4 is 4.90 Å². The summed E-state index contributed by atoms with van der Waals surface area (Å²) in [5.74, 6) is 0.380. The second-order valence-electron chi connectivity index (χ2n) is 9.86. The molecule has 0 spiro atoms. The zero-order chi connectivity index (χ0) is 24.4. The van der Waals surface area contributed by atoms with Crippen molar-refractivity contribution in [1.82, 2.24) is 4.90 Å². The molecule has 2 heteroatoms. The van der Waals surface area contributed by atoms with Crippen LogP contribution in [0, 0.1) is 12.8 Å². The number of nitrogens with zero attached hydrogens (tertiary/aromatic N) is 2. The smallest absolute Gasteiger partial charge is 0.0812 e. The Hall–Kier alpha value is -2.58. The van der Waals surface area contributed by atoms with E-state index in [2.05, 4.69) is 90.4 Å². The first-order valence-corrected chi connectivity index (χ1v) is 12.1. The van der Waals surface area contributed by atoms with Gasteiger partial charge in [0, 0.05) is 15.8 Å². The van der Waals surface area contributed by atoms with Gasteiger partial charge in [-0.1, -0.05) is 85.6 Å². The Morgan fingerprint density at radius 2 is 1.56 bits per heavy atom. The van der Waals surface area contributed by atoms with E-state index in [1.807, 2.05) is 12.1 Å². The number of hydrogen-bond acceptors (Lipinski definition) is 2. The summed E-state index contributed by atoms with van der Waals surface area (Å²) in [4.78, 5) is 4.66. The molecule has 0 amide bonds. The lowest BCUT2D eigenvalue weighted by Gasteiger charge is -2.47. The average molecular weight is 426 g/mol. The molecular weight excluding hydrogens is 388 g/mol. The zero-order valence-electron chi connectivity index (χ0n) is 22.0. The molecule has 2 fully saturated rings. The number of hydrogen-bond donors (Lipinski definition) is 0. The fourth-order valence-corrected chi connectivity index (χ4v) is 7.17. The molecule has 32 heavy (non-hydrogen) atoms. The Balaban J connectivity index is 1.67. The van der Waals surface area contributed by atoms with Crippen molar-refractivity contribution < 1.29 is 4.11 Å². The first-order valence-electron chi connectivity index (χ1n) is 13.6. The highest BCUT2D eigenvalue weighted by Crippen LogP contribution is 2.62. The highest BCUT2D eigenvalue weighted by atomic mass is 15.5. The van der Waals surface area contributed by atoms with Crippen LogP contribution in [0.15, 0.2) is 78.9 Å². The summed E-state index contributed by atoms with van der Waals surface area (Å²) >= 11 is 0. The summed E-state index contributed by atoms with van der Waals surface area (Å²) in [7, 11) is 0. The van der Waals surface area contributed by atoms with Crippen molar-refractivity contribution in [2.24, 2.45) is 5.92 Å². The maximum atomic E-state index is 8.89. The van der Waals surface area contributed by atoms with E-state index >= 15 is 0 Å². The van der Waals surface area contributed by atoms with E-state index in [1.54, 1.807) is 0 Å². The van der Waals surface area contributed by atoms with E-state index < -0.39 is 18.6 Å². The molecule has 2 heterocycles. The maximum absolute atomic E-state index is 8.89. The molecular formula is C30H34N2. The number of aryl methyl sites for hydroxylation is 1. The van der Waals surface area contributed by atoms with Crippen molar-refractivity contribution in [1.29, 1.82) is 0 Å². The fraction of sp³-hybridized carbons (Fsp3) is 0.400. The second kappa shape index (κ2) is 7.49. The molecule has 2 nitrogen and oxygen atoms in total. The lowest BCUT2D eigenvalue weighted by Crippen LogP contribution is -2.52. The van der Waals surface area contributed by atoms with Crippen LogP contribution in [0.4, 0.5) is 5.69 Å². The molecule has 3 aromatic carbocycles. The predicted molar refractivity (Wildman–Crippen MR) is 133 cm³/mol. The molecule has 3 aliphatic rings.